The number of carbonyl (C=O) groups is 2. The van der Waals surface area contributed by atoms with Gasteiger partial charge in [-0.05, 0) is 6.42 Å². The lowest BCUT2D eigenvalue weighted by Gasteiger charge is -2.20. The monoisotopic (exact) mass is 199 g/mol. The maximum absolute atomic E-state index is 11.3. The molecule has 1 N–H and O–H groups in total. The highest BCUT2D eigenvalue weighted by Crippen LogP contribution is 2.03. The van der Waals surface area contributed by atoms with E-state index in [0.717, 1.165) is 19.5 Å². The Morgan fingerprint density at radius 3 is 2.21 bits per heavy atom. The van der Waals surface area contributed by atoms with E-state index < -0.39 is 0 Å². The number of amides is 3. The van der Waals surface area contributed by atoms with Crippen LogP contribution in [-0.2, 0) is 4.79 Å². The van der Waals surface area contributed by atoms with Gasteiger partial charge < -0.3 is 15.1 Å². The largest absolute Gasteiger partial charge is 0.341 e. The molecule has 0 saturated carbocycles. The summed E-state index contributed by atoms with van der Waals surface area (Å²) in [6, 6.07) is -0.0598. The topological polar surface area (TPSA) is 52.7 Å². The summed E-state index contributed by atoms with van der Waals surface area (Å²) in [6.07, 6.45) is 0.854. The summed E-state index contributed by atoms with van der Waals surface area (Å²) < 4.78 is 0. The molecule has 5 heteroatoms. The number of nitrogens with zero attached hydrogens (tertiary/aromatic N) is 2. The first kappa shape index (κ1) is 10.8. The second-order valence-corrected chi connectivity index (χ2v) is 3.40. The van der Waals surface area contributed by atoms with Crippen molar-refractivity contribution in [2.24, 2.45) is 0 Å². The minimum absolute atomic E-state index is 0.0598. The number of rotatable bonds is 0. The third-order valence-electron chi connectivity index (χ3n) is 2.44. The van der Waals surface area contributed by atoms with Crippen molar-refractivity contribution >= 4 is 11.9 Å². The Balaban J connectivity index is 2.48. The van der Waals surface area contributed by atoms with E-state index in [2.05, 4.69) is 5.32 Å². The fourth-order valence-electron chi connectivity index (χ4n) is 1.59. The zero-order chi connectivity index (χ0) is 10.6. The number of urea groups is 1. The van der Waals surface area contributed by atoms with Crippen LogP contribution in [0.2, 0.25) is 0 Å². The minimum Gasteiger partial charge on any atom is -0.341 e. The van der Waals surface area contributed by atoms with Crippen LogP contribution in [0.25, 0.3) is 0 Å². The summed E-state index contributed by atoms with van der Waals surface area (Å²) in [7, 11) is 1.62. The highest BCUT2D eigenvalue weighted by molar-refractivity contribution is 5.75. The van der Waals surface area contributed by atoms with Crippen molar-refractivity contribution in [3.05, 3.63) is 0 Å². The summed E-state index contributed by atoms with van der Waals surface area (Å²) in [6.45, 7) is 4.31. The first-order chi connectivity index (χ1) is 6.65. The Kier molecular flexibility index (Phi) is 3.73. The van der Waals surface area contributed by atoms with Crippen molar-refractivity contribution in [3.63, 3.8) is 0 Å². The van der Waals surface area contributed by atoms with Gasteiger partial charge >= 0.3 is 6.03 Å². The molecule has 1 aliphatic heterocycles. The van der Waals surface area contributed by atoms with Gasteiger partial charge in [0.15, 0.2) is 0 Å². The van der Waals surface area contributed by atoms with Gasteiger partial charge in [0.2, 0.25) is 5.91 Å². The van der Waals surface area contributed by atoms with Crippen LogP contribution in [0.3, 0.4) is 0 Å². The van der Waals surface area contributed by atoms with Gasteiger partial charge in [-0.1, -0.05) is 0 Å². The Bertz CT molecular complexity index is 230. The van der Waals surface area contributed by atoms with Crippen molar-refractivity contribution in [2.75, 3.05) is 33.2 Å². The Hall–Kier alpha value is -1.26. The summed E-state index contributed by atoms with van der Waals surface area (Å²) in [5.74, 6) is 0.0868. The summed E-state index contributed by atoms with van der Waals surface area (Å²) in [5.41, 5.74) is 0. The molecule has 0 atom stereocenters. The van der Waals surface area contributed by atoms with Crippen LogP contribution in [0.15, 0.2) is 0 Å². The van der Waals surface area contributed by atoms with E-state index in [0.29, 0.717) is 13.1 Å². The van der Waals surface area contributed by atoms with E-state index in [9.17, 15) is 9.59 Å². The third kappa shape index (κ3) is 2.61. The molecule has 0 spiro atoms. The molecule has 0 aromatic carbocycles. The smallest absolute Gasteiger partial charge is 0.317 e. The van der Waals surface area contributed by atoms with Gasteiger partial charge in [-0.2, -0.15) is 0 Å². The first-order valence-corrected chi connectivity index (χ1v) is 4.87. The molecule has 5 nitrogen and oxygen atoms in total. The lowest BCUT2D eigenvalue weighted by molar-refractivity contribution is -0.128. The zero-order valence-corrected chi connectivity index (χ0v) is 8.75. The molecule has 1 aliphatic rings. The molecule has 1 rings (SSSR count). The first-order valence-electron chi connectivity index (χ1n) is 4.87. The second kappa shape index (κ2) is 4.83. The number of carbonyl (C=O) groups excluding carboxylic acids is 2. The standard InChI is InChI=1S/C9H17N3O2/c1-8(13)11-4-3-5-12(7-6-11)9(14)10-2/h3-7H2,1-2H3,(H,10,14). The van der Waals surface area contributed by atoms with Crippen LogP contribution in [0, 0.1) is 0 Å². The van der Waals surface area contributed by atoms with Gasteiger partial charge in [0.25, 0.3) is 0 Å². The second-order valence-electron chi connectivity index (χ2n) is 3.40. The van der Waals surface area contributed by atoms with Gasteiger partial charge in [0.05, 0.1) is 0 Å². The quantitative estimate of drug-likeness (QED) is 0.591. The van der Waals surface area contributed by atoms with E-state index in [1.165, 1.54) is 0 Å². The molecule has 0 radical (unpaired) electrons. The van der Waals surface area contributed by atoms with E-state index in [1.807, 2.05) is 0 Å². The van der Waals surface area contributed by atoms with E-state index >= 15 is 0 Å². The van der Waals surface area contributed by atoms with Gasteiger partial charge in [0.1, 0.15) is 0 Å². The highest BCUT2D eigenvalue weighted by Gasteiger charge is 2.18. The van der Waals surface area contributed by atoms with Crippen molar-refractivity contribution in [2.45, 2.75) is 13.3 Å². The van der Waals surface area contributed by atoms with Gasteiger partial charge in [0, 0.05) is 40.2 Å². The molecule has 1 fully saturated rings. The average molecular weight is 199 g/mol. The fourth-order valence-corrected chi connectivity index (χ4v) is 1.59. The molecule has 14 heavy (non-hydrogen) atoms. The Labute approximate surface area is 84.0 Å². The van der Waals surface area contributed by atoms with Crippen LogP contribution >= 0.6 is 0 Å². The number of hydrogen-bond acceptors (Lipinski definition) is 2. The lowest BCUT2D eigenvalue weighted by Crippen LogP contribution is -2.40. The lowest BCUT2D eigenvalue weighted by atomic mass is 10.4. The van der Waals surface area contributed by atoms with Crippen LogP contribution in [0.4, 0.5) is 4.79 Å². The molecule has 1 saturated heterocycles. The van der Waals surface area contributed by atoms with Crippen molar-refractivity contribution in [1.82, 2.24) is 15.1 Å². The van der Waals surface area contributed by atoms with E-state index in [-0.39, 0.29) is 11.9 Å². The number of hydrogen-bond donors (Lipinski definition) is 1. The third-order valence-corrected chi connectivity index (χ3v) is 2.44. The summed E-state index contributed by atoms with van der Waals surface area (Å²) >= 11 is 0. The SMILES string of the molecule is CNC(=O)N1CCCN(C(C)=O)CC1. The molecule has 3 amide bonds. The highest BCUT2D eigenvalue weighted by atomic mass is 16.2. The molecule has 0 aliphatic carbocycles. The van der Waals surface area contributed by atoms with Gasteiger partial charge in [-0.3, -0.25) is 4.79 Å². The van der Waals surface area contributed by atoms with Gasteiger partial charge in [-0.15, -0.1) is 0 Å². The Morgan fingerprint density at radius 2 is 1.64 bits per heavy atom. The fraction of sp³-hybridized carbons (Fsp3) is 0.778. The van der Waals surface area contributed by atoms with Crippen LogP contribution in [0.5, 0.6) is 0 Å². The van der Waals surface area contributed by atoms with Gasteiger partial charge in [-0.25, -0.2) is 4.79 Å². The molecule has 80 valence electrons. The molecule has 0 unspecified atom stereocenters. The van der Waals surface area contributed by atoms with Crippen LogP contribution < -0.4 is 5.32 Å². The molecule has 0 bridgehead atoms. The van der Waals surface area contributed by atoms with Crippen LogP contribution in [0.1, 0.15) is 13.3 Å². The summed E-state index contributed by atoms with van der Waals surface area (Å²) in [5, 5.41) is 2.59. The number of nitrogens with one attached hydrogen (secondary N) is 1. The molecule has 1 heterocycles. The average Bonchev–Trinajstić information content (AvgIpc) is 2.41. The van der Waals surface area contributed by atoms with Crippen LogP contribution in [-0.4, -0.2) is 55.0 Å². The maximum atomic E-state index is 11.3. The molecular formula is C9H17N3O2. The van der Waals surface area contributed by atoms with E-state index in [1.54, 1.807) is 23.8 Å². The Morgan fingerprint density at radius 1 is 1.07 bits per heavy atom. The zero-order valence-electron chi connectivity index (χ0n) is 8.75. The normalized spacial score (nSPS) is 17.6. The van der Waals surface area contributed by atoms with Crippen molar-refractivity contribution in [1.29, 1.82) is 0 Å². The molecule has 0 aromatic rings. The van der Waals surface area contributed by atoms with E-state index in [4.69, 9.17) is 0 Å². The molecule has 0 aromatic heterocycles. The summed E-state index contributed by atoms with van der Waals surface area (Å²) in [4.78, 5) is 25.9. The van der Waals surface area contributed by atoms with Crippen molar-refractivity contribution in [3.8, 4) is 0 Å². The maximum Gasteiger partial charge on any atom is 0.317 e. The minimum atomic E-state index is -0.0598. The van der Waals surface area contributed by atoms with Crippen molar-refractivity contribution < 1.29 is 9.59 Å². The molecular weight excluding hydrogens is 182 g/mol. The predicted octanol–water partition coefficient (Wildman–Crippen LogP) is -0.120. The predicted molar refractivity (Wildman–Crippen MR) is 52.9 cm³/mol.